The number of rotatable bonds is 5. The van der Waals surface area contributed by atoms with Crippen LogP contribution in [0.4, 0.5) is 0 Å². The third-order valence-electron chi connectivity index (χ3n) is 1.88. The molecule has 0 spiro atoms. The Morgan fingerprint density at radius 2 is 1.71 bits per heavy atom. The minimum absolute atomic E-state index is 0.390. The largest absolute Gasteiger partial charge is 0.469 e. The molecule has 0 aromatic carbocycles. The highest BCUT2D eigenvalue weighted by Gasteiger charge is 2.32. The van der Waals surface area contributed by atoms with Crippen molar-refractivity contribution < 1.29 is 19.1 Å². The van der Waals surface area contributed by atoms with Crippen molar-refractivity contribution >= 4 is 27.9 Å². The lowest BCUT2D eigenvalue weighted by atomic mass is 10.00. The van der Waals surface area contributed by atoms with Crippen LogP contribution in [0.5, 0.6) is 0 Å². The van der Waals surface area contributed by atoms with Crippen LogP contribution in [0.15, 0.2) is 0 Å². The maximum atomic E-state index is 11.3. The van der Waals surface area contributed by atoms with Crippen molar-refractivity contribution in [2.24, 2.45) is 5.92 Å². The van der Waals surface area contributed by atoms with Gasteiger partial charge in [-0.15, -0.1) is 0 Å². The number of esters is 2. The summed E-state index contributed by atoms with van der Waals surface area (Å²) in [6.07, 6.45) is 1.40. The number of methoxy groups -OCH3 is 2. The Morgan fingerprint density at radius 1 is 1.21 bits per heavy atom. The van der Waals surface area contributed by atoms with Gasteiger partial charge < -0.3 is 9.47 Å². The van der Waals surface area contributed by atoms with Gasteiger partial charge in [-0.25, -0.2) is 0 Å². The number of ether oxygens (including phenoxy) is 2. The molecule has 0 heterocycles. The highest BCUT2D eigenvalue weighted by Crippen LogP contribution is 2.21. The van der Waals surface area contributed by atoms with Crippen LogP contribution in [0, 0.1) is 5.92 Å². The van der Waals surface area contributed by atoms with Gasteiger partial charge in [0, 0.05) is 0 Å². The summed E-state index contributed by atoms with van der Waals surface area (Å²) in [5, 5.41) is 0. The average molecular weight is 267 g/mol. The maximum absolute atomic E-state index is 11.3. The fraction of sp³-hybridized carbons (Fsp3) is 0.778. The summed E-state index contributed by atoms with van der Waals surface area (Å²) in [6, 6.07) is 0. The van der Waals surface area contributed by atoms with E-state index in [4.69, 9.17) is 0 Å². The second kappa shape index (κ2) is 6.81. The Hall–Kier alpha value is -0.580. The Labute approximate surface area is 92.1 Å². The normalized spacial score (nSPS) is 14.3. The van der Waals surface area contributed by atoms with Crippen LogP contribution in [0.2, 0.25) is 0 Å². The Morgan fingerprint density at radius 3 is 2.07 bits per heavy atom. The zero-order valence-electron chi connectivity index (χ0n) is 8.58. The van der Waals surface area contributed by atoms with E-state index in [9.17, 15) is 9.59 Å². The van der Waals surface area contributed by atoms with Gasteiger partial charge in [0.1, 0.15) is 4.83 Å². The number of hydrogen-bond donors (Lipinski definition) is 0. The molecular weight excluding hydrogens is 252 g/mol. The van der Waals surface area contributed by atoms with E-state index < -0.39 is 16.7 Å². The topological polar surface area (TPSA) is 52.6 Å². The molecular formula is C9H15BrO4. The van der Waals surface area contributed by atoms with Gasteiger partial charge >= 0.3 is 11.9 Å². The summed E-state index contributed by atoms with van der Waals surface area (Å²) < 4.78 is 9.14. The fourth-order valence-electron chi connectivity index (χ4n) is 1.12. The van der Waals surface area contributed by atoms with Gasteiger partial charge in [-0.1, -0.05) is 29.3 Å². The smallest absolute Gasteiger partial charge is 0.320 e. The number of carbonyl (C=O) groups excluding carboxylic acids is 2. The monoisotopic (exact) mass is 266 g/mol. The van der Waals surface area contributed by atoms with Crippen LogP contribution in [0.25, 0.3) is 0 Å². The molecule has 0 fully saturated rings. The molecule has 0 bridgehead atoms. The molecule has 5 heteroatoms. The molecule has 0 aliphatic heterocycles. The molecule has 4 nitrogen and oxygen atoms in total. The van der Waals surface area contributed by atoms with Crippen LogP contribution in [0.3, 0.4) is 0 Å². The second-order valence-corrected chi connectivity index (χ2v) is 3.83. The van der Waals surface area contributed by atoms with Gasteiger partial charge in [-0.3, -0.25) is 9.59 Å². The van der Waals surface area contributed by atoms with Crippen molar-refractivity contribution in [3.8, 4) is 0 Å². The molecule has 0 amide bonds. The Bertz CT molecular complexity index is 205. The number of carbonyl (C=O) groups is 2. The molecule has 0 aliphatic rings. The van der Waals surface area contributed by atoms with Crippen LogP contribution in [-0.4, -0.2) is 31.0 Å². The van der Waals surface area contributed by atoms with E-state index in [1.165, 1.54) is 14.2 Å². The van der Waals surface area contributed by atoms with Crippen molar-refractivity contribution in [2.45, 2.75) is 24.6 Å². The van der Waals surface area contributed by atoms with E-state index in [0.717, 1.165) is 6.42 Å². The SMILES string of the molecule is CCC[C@@H](C(=O)OC)[C@H](Br)C(=O)OC. The molecule has 0 saturated heterocycles. The van der Waals surface area contributed by atoms with Gasteiger partial charge in [-0.2, -0.15) is 0 Å². The van der Waals surface area contributed by atoms with E-state index in [1.807, 2.05) is 6.92 Å². The van der Waals surface area contributed by atoms with Crippen molar-refractivity contribution in [1.82, 2.24) is 0 Å². The molecule has 0 radical (unpaired) electrons. The van der Waals surface area contributed by atoms with Crippen molar-refractivity contribution in [2.75, 3.05) is 14.2 Å². The third kappa shape index (κ3) is 3.65. The lowest BCUT2D eigenvalue weighted by Crippen LogP contribution is -2.32. The predicted molar refractivity (Wildman–Crippen MR) is 55.1 cm³/mol. The van der Waals surface area contributed by atoms with Crippen molar-refractivity contribution in [3.05, 3.63) is 0 Å². The van der Waals surface area contributed by atoms with Gasteiger partial charge in [0.2, 0.25) is 0 Å². The van der Waals surface area contributed by atoms with Crippen molar-refractivity contribution in [3.63, 3.8) is 0 Å². The fourth-order valence-corrected chi connectivity index (χ4v) is 1.79. The summed E-state index contributed by atoms with van der Waals surface area (Å²) in [6.45, 7) is 1.94. The quantitative estimate of drug-likeness (QED) is 0.559. The molecule has 14 heavy (non-hydrogen) atoms. The highest BCUT2D eigenvalue weighted by molar-refractivity contribution is 9.10. The summed E-state index contributed by atoms with van der Waals surface area (Å²) >= 11 is 3.14. The molecule has 0 aliphatic carbocycles. The molecule has 0 aromatic heterocycles. The average Bonchev–Trinajstić information content (AvgIpc) is 2.22. The first-order valence-electron chi connectivity index (χ1n) is 4.38. The van der Waals surface area contributed by atoms with E-state index in [2.05, 4.69) is 25.4 Å². The highest BCUT2D eigenvalue weighted by atomic mass is 79.9. The first-order chi connectivity index (χ1) is 6.58. The zero-order chi connectivity index (χ0) is 11.1. The minimum Gasteiger partial charge on any atom is -0.469 e. The Balaban J connectivity index is 4.47. The number of hydrogen-bond acceptors (Lipinski definition) is 4. The van der Waals surface area contributed by atoms with E-state index >= 15 is 0 Å². The van der Waals surface area contributed by atoms with E-state index in [0.29, 0.717) is 6.42 Å². The van der Waals surface area contributed by atoms with E-state index in [-0.39, 0.29) is 5.97 Å². The lowest BCUT2D eigenvalue weighted by Gasteiger charge is -2.17. The molecule has 0 saturated carbocycles. The van der Waals surface area contributed by atoms with Gasteiger partial charge in [0.15, 0.2) is 0 Å². The van der Waals surface area contributed by atoms with Gasteiger partial charge in [0.05, 0.1) is 20.1 Å². The molecule has 2 atom stereocenters. The summed E-state index contributed by atoms with van der Waals surface area (Å²) in [7, 11) is 2.60. The van der Waals surface area contributed by atoms with Crippen LogP contribution in [-0.2, 0) is 19.1 Å². The van der Waals surface area contributed by atoms with Crippen molar-refractivity contribution in [1.29, 1.82) is 0 Å². The summed E-state index contributed by atoms with van der Waals surface area (Å²) in [5.41, 5.74) is 0. The first-order valence-corrected chi connectivity index (χ1v) is 5.29. The van der Waals surface area contributed by atoms with Gasteiger partial charge in [0.25, 0.3) is 0 Å². The Kier molecular flexibility index (Phi) is 6.53. The number of alkyl halides is 1. The minimum atomic E-state index is -0.625. The molecule has 0 unspecified atom stereocenters. The number of halogens is 1. The molecule has 0 aromatic rings. The third-order valence-corrected chi connectivity index (χ3v) is 2.90. The second-order valence-electron chi connectivity index (χ2n) is 2.84. The van der Waals surface area contributed by atoms with E-state index in [1.54, 1.807) is 0 Å². The van der Waals surface area contributed by atoms with Crippen LogP contribution < -0.4 is 0 Å². The zero-order valence-corrected chi connectivity index (χ0v) is 10.2. The first kappa shape index (κ1) is 13.4. The molecule has 82 valence electrons. The predicted octanol–water partition coefficient (Wildman–Crippen LogP) is 1.51. The maximum Gasteiger partial charge on any atom is 0.320 e. The van der Waals surface area contributed by atoms with Crippen LogP contribution >= 0.6 is 15.9 Å². The van der Waals surface area contributed by atoms with Crippen LogP contribution in [0.1, 0.15) is 19.8 Å². The standard InChI is InChI=1S/C9H15BrO4/c1-4-5-6(8(11)13-2)7(10)9(12)14-3/h6-7H,4-5H2,1-3H3/t6-,7+/m1/s1. The lowest BCUT2D eigenvalue weighted by molar-refractivity contribution is -0.151. The molecule has 0 N–H and O–H groups in total. The summed E-state index contributed by atoms with van der Waals surface area (Å²) in [5.74, 6) is -1.31. The molecule has 0 rings (SSSR count). The summed E-state index contributed by atoms with van der Waals surface area (Å²) in [4.78, 5) is 21.9. The van der Waals surface area contributed by atoms with Gasteiger partial charge in [-0.05, 0) is 6.42 Å².